The van der Waals surface area contributed by atoms with Crippen molar-refractivity contribution in [2.24, 2.45) is 11.7 Å². The van der Waals surface area contributed by atoms with E-state index in [4.69, 9.17) is 5.73 Å². The quantitative estimate of drug-likeness (QED) is 0.677. The Kier molecular flexibility index (Phi) is 6.26. The minimum absolute atomic E-state index is 0. The second-order valence-corrected chi connectivity index (χ2v) is 9.37. The molecule has 1 atom stereocenters. The van der Waals surface area contributed by atoms with Crippen molar-refractivity contribution in [1.29, 1.82) is 0 Å². The molecule has 0 spiro atoms. The monoisotopic (exact) mass is 446 g/mol. The highest BCUT2D eigenvalue weighted by atomic mass is 35.5. The molecular weight excluding hydrogens is 416 g/mol. The number of halogens is 1. The molecule has 3 N–H and O–H groups in total. The van der Waals surface area contributed by atoms with Crippen molar-refractivity contribution in [3.8, 4) is 0 Å². The molecule has 1 saturated heterocycles. The van der Waals surface area contributed by atoms with Gasteiger partial charge in [0.1, 0.15) is 6.04 Å². The van der Waals surface area contributed by atoms with E-state index in [1.807, 2.05) is 12.1 Å². The zero-order chi connectivity index (χ0) is 20.8. The van der Waals surface area contributed by atoms with E-state index in [2.05, 4.69) is 16.3 Å². The molecule has 0 aromatic heterocycles. The van der Waals surface area contributed by atoms with Crippen molar-refractivity contribution in [3.63, 3.8) is 0 Å². The molecule has 4 aliphatic rings. The minimum Gasteiger partial charge on any atom is -0.368 e. The Morgan fingerprint density at radius 3 is 2.45 bits per heavy atom. The molecule has 0 radical (unpaired) electrons. The average molecular weight is 447 g/mol. The van der Waals surface area contributed by atoms with Crippen LogP contribution in [-0.2, 0) is 16.1 Å². The highest BCUT2D eigenvalue weighted by molar-refractivity contribution is 6.06. The van der Waals surface area contributed by atoms with E-state index in [0.29, 0.717) is 30.6 Å². The molecule has 2 heterocycles. The van der Waals surface area contributed by atoms with Crippen LogP contribution < -0.4 is 16.0 Å². The van der Waals surface area contributed by atoms with Gasteiger partial charge >= 0.3 is 0 Å². The molecule has 31 heavy (non-hydrogen) atoms. The number of fused-ring (bicyclic) bond motifs is 1. The van der Waals surface area contributed by atoms with Crippen LogP contribution in [0, 0.1) is 5.92 Å². The molecule has 3 amide bonds. The van der Waals surface area contributed by atoms with Crippen LogP contribution in [0.1, 0.15) is 67.3 Å². The number of nitrogens with zero attached hydrogens (tertiary/aromatic N) is 2. The van der Waals surface area contributed by atoms with E-state index in [-0.39, 0.29) is 36.5 Å². The van der Waals surface area contributed by atoms with E-state index in [9.17, 15) is 14.4 Å². The summed E-state index contributed by atoms with van der Waals surface area (Å²) in [7, 11) is 0. The molecule has 2 aliphatic carbocycles. The van der Waals surface area contributed by atoms with Gasteiger partial charge in [-0.2, -0.15) is 0 Å². The smallest absolute Gasteiger partial charge is 0.255 e. The van der Waals surface area contributed by atoms with Gasteiger partial charge in [-0.3, -0.25) is 19.7 Å². The molecule has 2 saturated carbocycles. The molecule has 168 valence electrons. The standard InChI is InChI=1S/C23H30N4O3.ClH/c24-15-6-8-16(9-7-15)26(12-14-4-5-14)19-3-1-2-17-18(19)13-27(23(17)30)20-10-11-21(28)25-22(20)29;/h1-3,14-16,20H,4-13,24H2,(H,25,28,29);1H. The lowest BCUT2D eigenvalue weighted by Gasteiger charge is -2.39. The molecule has 7 nitrogen and oxygen atoms in total. The fourth-order valence-electron chi connectivity index (χ4n) is 5.27. The number of piperidine rings is 1. The van der Waals surface area contributed by atoms with Gasteiger partial charge < -0.3 is 15.5 Å². The third-order valence-electron chi connectivity index (χ3n) is 7.20. The van der Waals surface area contributed by atoms with Crippen LogP contribution in [0.4, 0.5) is 5.69 Å². The first-order valence-corrected chi connectivity index (χ1v) is 11.3. The van der Waals surface area contributed by atoms with Crippen molar-refractivity contribution < 1.29 is 14.4 Å². The third-order valence-corrected chi connectivity index (χ3v) is 7.20. The summed E-state index contributed by atoms with van der Waals surface area (Å²) in [5.74, 6) is 0.0236. The molecule has 2 aliphatic heterocycles. The lowest BCUT2D eigenvalue weighted by atomic mass is 9.89. The number of benzene rings is 1. The zero-order valence-corrected chi connectivity index (χ0v) is 18.5. The van der Waals surface area contributed by atoms with Crippen LogP contribution in [-0.4, -0.2) is 47.3 Å². The molecular formula is C23H31ClN4O3. The van der Waals surface area contributed by atoms with E-state index in [1.54, 1.807) is 4.90 Å². The summed E-state index contributed by atoms with van der Waals surface area (Å²) in [5.41, 5.74) is 9.02. The molecule has 1 unspecified atom stereocenters. The normalized spacial score (nSPS) is 28.1. The second kappa shape index (κ2) is 8.79. The van der Waals surface area contributed by atoms with Gasteiger partial charge in [-0.25, -0.2) is 0 Å². The lowest BCUT2D eigenvalue weighted by Crippen LogP contribution is -2.52. The number of rotatable bonds is 5. The molecule has 8 heteroatoms. The number of amides is 3. The molecule has 1 aromatic carbocycles. The van der Waals surface area contributed by atoms with Crippen molar-refractivity contribution >= 4 is 35.8 Å². The Labute approximate surface area is 189 Å². The molecule has 5 rings (SSSR count). The summed E-state index contributed by atoms with van der Waals surface area (Å²) in [6.45, 7) is 1.47. The average Bonchev–Trinajstić information content (AvgIpc) is 3.49. The number of hydrogen-bond acceptors (Lipinski definition) is 5. The zero-order valence-electron chi connectivity index (χ0n) is 17.7. The summed E-state index contributed by atoms with van der Waals surface area (Å²) in [6.07, 6.45) is 7.48. The first-order chi connectivity index (χ1) is 14.5. The number of carbonyl (C=O) groups excluding carboxylic acids is 3. The van der Waals surface area contributed by atoms with Gasteiger partial charge in [-0.05, 0) is 63.0 Å². The van der Waals surface area contributed by atoms with Crippen LogP contribution in [0.15, 0.2) is 18.2 Å². The fraction of sp³-hybridized carbons (Fsp3) is 0.609. The Bertz CT molecular complexity index is 880. The van der Waals surface area contributed by atoms with Crippen LogP contribution in [0.25, 0.3) is 0 Å². The van der Waals surface area contributed by atoms with Gasteiger partial charge in [0.05, 0.1) is 0 Å². The van der Waals surface area contributed by atoms with Crippen molar-refractivity contribution in [2.45, 2.75) is 76.0 Å². The highest BCUT2D eigenvalue weighted by Crippen LogP contribution is 2.40. The summed E-state index contributed by atoms with van der Waals surface area (Å²) in [6, 6.07) is 6.16. The van der Waals surface area contributed by atoms with Gasteiger partial charge in [-0.1, -0.05) is 6.07 Å². The van der Waals surface area contributed by atoms with E-state index >= 15 is 0 Å². The molecule has 3 fully saturated rings. The Morgan fingerprint density at radius 2 is 1.77 bits per heavy atom. The Hall–Kier alpha value is -2.12. The second-order valence-electron chi connectivity index (χ2n) is 9.37. The first kappa shape index (κ1) is 22.1. The molecule has 0 bridgehead atoms. The maximum atomic E-state index is 13.2. The fourth-order valence-corrected chi connectivity index (χ4v) is 5.27. The van der Waals surface area contributed by atoms with Gasteiger partial charge in [0.2, 0.25) is 11.8 Å². The maximum Gasteiger partial charge on any atom is 0.255 e. The van der Waals surface area contributed by atoms with Crippen molar-refractivity contribution in [3.05, 3.63) is 29.3 Å². The van der Waals surface area contributed by atoms with Crippen LogP contribution in [0.3, 0.4) is 0 Å². The Balaban J connectivity index is 0.00000231. The molecule has 1 aromatic rings. The SMILES string of the molecule is Cl.NC1CCC(N(CC2CC2)c2cccc3c2CN(C2CCC(=O)NC2=O)C3=O)CC1. The third kappa shape index (κ3) is 4.30. The van der Waals surface area contributed by atoms with E-state index in [1.165, 1.54) is 12.8 Å². The lowest BCUT2D eigenvalue weighted by molar-refractivity contribution is -0.136. The van der Waals surface area contributed by atoms with Crippen LogP contribution in [0.2, 0.25) is 0 Å². The predicted octanol–water partition coefficient (Wildman–Crippen LogP) is 2.36. The Morgan fingerprint density at radius 1 is 1.03 bits per heavy atom. The van der Waals surface area contributed by atoms with Gasteiger partial charge in [0.25, 0.3) is 5.91 Å². The first-order valence-electron chi connectivity index (χ1n) is 11.3. The predicted molar refractivity (Wildman–Crippen MR) is 120 cm³/mol. The van der Waals surface area contributed by atoms with Gasteiger partial charge in [0.15, 0.2) is 0 Å². The maximum absolute atomic E-state index is 13.2. The van der Waals surface area contributed by atoms with E-state index < -0.39 is 6.04 Å². The summed E-state index contributed by atoms with van der Waals surface area (Å²) in [4.78, 5) is 41.3. The van der Waals surface area contributed by atoms with Crippen LogP contribution in [0.5, 0.6) is 0 Å². The van der Waals surface area contributed by atoms with Crippen LogP contribution >= 0.6 is 12.4 Å². The number of anilines is 1. The van der Waals surface area contributed by atoms with Crippen molar-refractivity contribution in [2.75, 3.05) is 11.4 Å². The summed E-state index contributed by atoms with van der Waals surface area (Å²) in [5, 5.41) is 2.39. The number of imide groups is 1. The summed E-state index contributed by atoms with van der Waals surface area (Å²) < 4.78 is 0. The number of hydrogen-bond donors (Lipinski definition) is 2. The van der Waals surface area contributed by atoms with Crippen molar-refractivity contribution in [1.82, 2.24) is 10.2 Å². The highest BCUT2D eigenvalue weighted by Gasteiger charge is 2.41. The largest absolute Gasteiger partial charge is 0.368 e. The number of carbonyl (C=O) groups is 3. The number of nitrogens with one attached hydrogen (secondary N) is 1. The topological polar surface area (TPSA) is 95.7 Å². The van der Waals surface area contributed by atoms with Gasteiger partial charge in [-0.15, -0.1) is 12.4 Å². The van der Waals surface area contributed by atoms with Gasteiger partial charge in [0, 0.05) is 48.4 Å². The minimum atomic E-state index is -0.569. The summed E-state index contributed by atoms with van der Waals surface area (Å²) >= 11 is 0. The number of nitrogens with two attached hydrogens (primary N) is 1. The van der Waals surface area contributed by atoms with E-state index in [0.717, 1.165) is 49.4 Å².